The topological polar surface area (TPSA) is 62.2 Å². The third-order valence-electron chi connectivity index (χ3n) is 4.89. The Bertz CT molecular complexity index is 1050. The van der Waals surface area contributed by atoms with Crippen LogP contribution in [0.5, 0.6) is 23.0 Å². The van der Waals surface area contributed by atoms with E-state index in [-0.39, 0.29) is 0 Å². The molecule has 0 atom stereocenters. The van der Waals surface area contributed by atoms with Crippen LogP contribution in [0.25, 0.3) is 11.3 Å². The molecule has 0 N–H and O–H groups in total. The molecule has 1 aromatic heterocycles. The van der Waals surface area contributed by atoms with Gasteiger partial charge in [0.05, 0.1) is 34.1 Å². The number of thiazole rings is 1. The molecule has 7 heteroatoms. The summed E-state index contributed by atoms with van der Waals surface area (Å²) < 4.78 is 21.5. The summed E-state index contributed by atoms with van der Waals surface area (Å²) >= 11 is 1.63. The average Bonchev–Trinajstić information content (AvgIpc) is 3.19. The first kappa shape index (κ1) is 19.3. The Morgan fingerprint density at radius 1 is 0.931 bits per heavy atom. The first-order valence-electron chi connectivity index (χ1n) is 9.18. The molecule has 1 heterocycles. The van der Waals surface area contributed by atoms with Crippen LogP contribution in [0, 0.1) is 0 Å². The predicted molar refractivity (Wildman–Crippen MR) is 115 cm³/mol. The summed E-state index contributed by atoms with van der Waals surface area (Å²) in [4.78, 5) is 10.6. The van der Waals surface area contributed by atoms with Gasteiger partial charge in [-0.3, -0.25) is 0 Å². The summed E-state index contributed by atoms with van der Waals surface area (Å²) in [5.41, 5.74) is 4.30. The summed E-state index contributed by atoms with van der Waals surface area (Å²) in [5.74, 6) is 2.62. The van der Waals surface area contributed by atoms with Crippen LogP contribution in [0.3, 0.4) is 0 Å². The number of hydrogen-bond donors (Lipinski definition) is 0. The zero-order valence-electron chi connectivity index (χ0n) is 16.8. The van der Waals surface area contributed by atoms with Crippen LogP contribution in [0.2, 0.25) is 0 Å². The lowest BCUT2D eigenvalue weighted by atomic mass is 9.93. The van der Waals surface area contributed by atoms with Gasteiger partial charge in [-0.2, -0.15) is 0 Å². The van der Waals surface area contributed by atoms with E-state index in [2.05, 4.69) is 17.1 Å². The van der Waals surface area contributed by atoms with Gasteiger partial charge < -0.3 is 18.9 Å². The molecule has 1 aliphatic rings. The minimum absolute atomic E-state index is 0.559. The quantitative estimate of drug-likeness (QED) is 0.552. The molecule has 0 unspecified atom stereocenters. The highest BCUT2D eigenvalue weighted by Gasteiger charge is 2.21. The molecule has 0 saturated heterocycles. The normalized spacial score (nSPS) is 12.4. The van der Waals surface area contributed by atoms with Crippen molar-refractivity contribution in [3.8, 4) is 34.3 Å². The maximum Gasteiger partial charge on any atom is 0.209 e. The van der Waals surface area contributed by atoms with Crippen molar-refractivity contribution < 1.29 is 18.9 Å². The van der Waals surface area contributed by atoms with Gasteiger partial charge in [0.2, 0.25) is 10.9 Å². The number of aryl methyl sites for hydroxylation is 2. The highest BCUT2D eigenvalue weighted by Crippen LogP contribution is 2.41. The van der Waals surface area contributed by atoms with E-state index in [1.54, 1.807) is 46.0 Å². The SMILES string of the molecule is COc1ccc2c(c1)CCc1sc(N=Cc3cc(OC)c(OC)c(OC)c3)nc1-2. The standard InChI is InChI=1S/C22H22N2O4S/c1-25-15-6-7-16-14(11-15)5-8-19-20(16)24-22(29-19)23-12-13-9-17(26-2)21(28-4)18(10-13)27-3/h6-7,9-12H,5,8H2,1-4H3. The van der Waals surface area contributed by atoms with E-state index >= 15 is 0 Å². The fourth-order valence-electron chi connectivity index (χ4n) is 3.46. The first-order valence-corrected chi connectivity index (χ1v) is 9.99. The summed E-state index contributed by atoms with van der Waals surface area (Å²) in [6, 6.07) is 9.88. The molecule has 0 spiro atoms. The van der Waals surface area contributed by atoms with Gasteiger partial charge in [-0.05, 0) is 48.7 Å². The summed E-state index contributed by atoms with van der Waals surface area (Å²) in [6.45, 7) is 0. The zero-order valence-corrected chi connectivity index (χ0v) is 17.6. The van der Waals surface area contributed by atoms with Crippen molar-refractivity contribution in [1.82, 2.24) is 4.98 Å². The van der Waals surface area contributed by atoms with Gasteiger partial charge in [-0.25, -0.2) is 9.98 Å². The Balaban J connectivity index is 1.65. The Morgan fingerprint density at radius 3 is 2.34 bits per heavy atom. The van der Waals surface area contributed by atoms with E-state index in [1.807, 2.05) is 18.2 Å². The molecule has 0 saturated carbocycles. The molecule has 6 nitrogen and oxygen atoms in total. The molecule has 0 fully saturated rings. The van der Waals surface area contributed by atoms with Crippen LogP contribution in [0.15, 0.2) is 35.3 Å². The molecular formula is C22H22N2O4S. The van der Waals surface area contributed by atoms with E-state index in [0.717, 1.165) is 40.5 Å². The minimum Gasteiger partial charge on any atom is -0.497 e. The van der Waals surface area contributed by atoms with Crippen molar-refractivity contribution in [2.45, 2.75) is 12.8 Å². The number of aliphatic imine (C=N–C) groups is 1. The fraction of sp³-hybridized carbons (Fsp3) is 0.273. The Kier molecular flexibility index (Phi) is 5.40. The van der Waals surface area contributed by atoms with E-state index in [1.165, 1.54) is 10.4 Å². The Labute approximate surface area is 173 Å². The van der Waals surface area contributed by atoms with Crippen molar-refractivity contribution in [2.24, 2.45) is 4.99 Å². The lowest BCUT2D eigenvalue weighted by molar-refractivity contribution is 0.324. The van der Waals surface area contributed by atoms with Gasteiger partial charge in [0, 0.05) is 22.2 Å². The van der Waals surface area contributed by atoms with E-state index in [4.69, 9.17) is 23.9 Å². The van der Waals surface area contributed by atoms with Crippen LogP contribution in [-0.4, -0.2) is 39.6 Å². The fourth-order valence-corrected chi connectivity index (χ4v) is 4.38. The highest BCUT2D eigenvalue weighted by molar-refractivity contribution is 7.15. The third-order valence-corrected chi connectivity index (χ3v) is 5.91. The average molecular weight is 410 g/mol. The molecule has 29 heavy (non-hydrogen) atoms. The van der Waals surface area contributed by atoms with E-state index < -0.39 is 0 Å². The highest BCUT2D eigenvalue weighted by atomic mass is 32.1. The minimum atomic E-state index is 0.559. The molecule has 0 amide bonds. The van der Waals surface area contributed by atoms with Crippen LogP contribution in [-0.2, 0) is 12.8 Å². The third kappa shape index (κ3) is 3.65. The van der Waals surface area contributed by atoms with Gasteiger partial charge in [0.1, 0.15) is 5.75 Å². The summed E-state index contributed by atoms with van der Waals surface area (Å²) in [7, 11) is 6.47. The number of ether oxygens (including phenoxy) is 4. The van der Waals surface area contributed by atoms with E-state index in [0.29, 0.717) is 17.2 Å². The van der Waals surface area contributed by atoms with Crippen molar-refractivity contribution in [3.63, 3.8) is 0 Å². The number of methoxy groups -OCH3 is 4. The largest absolute Gasteiger partial charge is 0.497 e. The second-order valence-electron chi connectivity index (χ2n) is 6.51. The van der Waals surface area contributed by atoms with Gasteiger partial charge in [0.15, 0.2) is 11.5 Å². The van der Waals surface area contributed by atoms with Crippen molar-refractivity contribution in [3.05, 3.63) is 46.3 Å². The number of fused-ring (bicyclic) bond motifs is 3. The number of hydrogen-bond acceptors (Lipinski definition) is 7. The van der Waals surface area contributed by atoms with Gasteiger partial charge in [-0.15, -0.1) is 0 Å². The Hall–Kier alpha value is -3.06. The smallest absolute Gasteiger partial charge is 0.209 e. The van der Waals surface area contributed by atoms with Crippen LogP contribution < -0.4 is 18.9 Å². The monoisotopic (exact) mass is 410 g/mol. The zero-order chi connectivity index (χ0) is 20.4. The second kappa shape index (κ2) is 8.13. The molecule has 4 rings (SSSR count). The number of benzene rings is 2. The maximum atomic E-state index is 5.41. The van der Waals surface area contributed by atoms with E-state index in [9.17, 15) is 0 Å². The molecule has 0 radical (unpaired) electrons. The lowest BCUT2D eigenvalue weighted by Gasteiger charge is -2.15. The Morgan fingerprint density at radius 2 is 1.69 bits per heavy atom. The summed E-state index contributed by atoms with van der Waals surface area (Å²) in [5, 5.41) is 0.729. The van der Waals surface area contributed by atoms with Crippen LogP contribution in [0.4, 0.5) is 5.13 Å². The van der Waals surface area contributed by atoms with Crippen molar-refractivity contribution >= 4 is 22.7 Å². The maximum absolute atomic E-state index is 5.41. The molecule has 0 aliphatic heterocycles. The lowest BCUT2D eigenvalue weighted by Crippen LogP contribution is -2.02. The number of rotatable bonds is 6. The van der Waals surface area contributed by atoms with Crippen molar-refractivity contribution in [2.75, 3.05) is 28.4 Å². The molecule has 3 aromatic rings. The van der Waals surface area contributed by atoms with Gasteiger partial charge >= 0.3 is 0 Å². The second-order valence-corrected chi connectivity index (χ2v) is 7.57. The summed E-state index contributed by atoms with van der Waals surface area (Å²) in [6.07, 6.45) is 3.72. The van der Waals surface area contributed by atoms with Crippen LogP contribution >= 0.6 is 11.3 Å². The molecule has 2 aromatic carbocycles. The van der Waals surface area contributed by atoms with Gasteiger partial charge in [-0.1, -0.05) is 11.3 Å². The first-order chi connectivity index (χ1) is 14.2. The number of aromatic nitrogens is 1. The van der Waals surface area contributed by atoms with Crippen LogP contribution in [0.1, 0.15) is 16.0 Å². The molecule has 1 aliphatic carbocycles. The number of nitrogens with zero attached hydrogens (tertiary/aromatic N) is 2. The van der Waals surface area contributed by atoms with Gasteiger partial charge in [0.25, 0.3) is 0 Å². The molecular weight excluding hydrogens is 388 g/mol. The van der Waals surface area contributed by atoms with Crippen molar-refractivity contribution in [1.29, 1.82) is 0 Å². The predicted octanol–water partition coefficient (Wildman–Crippen LogP) is 4.69. The molecule has 150 valence electrons. The molecule has 0 bridgehead atoms.